The average Bonchev–Trinajstić information content (AvgIpc) is 2.56. The van der Waals surface area contributed by atoms with E-state index in [0.29, 0.717) is 57.8 Å². The molecule has 3 rings (SSSR count). The van der Waals surface area contributed by atoms with Crippen molar-refractivity contribution >= 4 is 27.2 Å². The molecule has 0 aromatic carbocycles. The second kappa shape index (κ2) is 9.84. The molecule has 2 bridgehead atoms. The van der Waals surface area contributed by atoms with Crippen molar-refractivity contribution < 1.29 is 36.4 Å². The van der Waals surface area contributed by atoms with Gasteiger partial charge >= 0.3 is 15.6 Å². The highest BCUT2D eigenvalue weighted by Gasteiger charge is 2.57. The first-order valence-electron chi connectivity index (χ1n) is 10.3. The van der Waals surface area contributed by atoms with Gasteiger partial charge in [0, 0.05) is 25.7 Å². The second-order valence-electron chi connectivity index (χ2n) is 9.57. The minimum absolute atomic E-state index is 0.0818. The van der Waals surface area contributed by atoms with E-state index in [4.69, 9.17) is 17.7 Å². The predicted molar refractivity (Wildman–Crippen MR) is 108 cm³/mol. The summed E-state index contributed by atoms with van der Waals surface area (Å²) < 4.78 is 45.1. The number of rotatable bonds is 0. The Kier molecular flexibility index (Phi) is 8.45. The Morgan fingerprint density at radius 3 is 1.38 bits per heavy atom. The van der Waals surface area contributed by atoms with Crippen molar-refractivity contribution in [2.24, 2.45) is 10.8 Å². The zero-order valence-corrected chi connectivity index (χ0v) is 19.7. The van der Waals surface area contributed by atoms with E-state index in [1.165, 1.54) is 0 Å². The molecule has 3 aliphatic rings. The van der Waals surface area contributed by atoms with Gasteiger partial charge < -0.3 is 0 Å². The summed E-state index contributed by atoms with van der Waals surface area (Å²) in [6.07, 6.45) is 5.04. The monoisotopic (exact) mass is 452 g/mol. The maximum atomic E-state index is 12.3. The first-order chi connectivity index (χ1) is 13.3. The lowest BCUT2D eigenvalue weighted by Crippen LogP contribution is -2.24. The summed E-state index contributed by atoms with van der Waals surface area (Å²) in [5.74, 6) is 0.309. The Morgan fingerprint density at radius 2 is 1.00 bits per heavy atom. The van der Waals surface area contributed by atoms with Crippen molar-refractivity contribution in [2.75, 3.05) is 13.2 Å². The molecule has 0 spiro atoms. The Labute approximate surface area is 173 Å². The Bertz CT molecular complexity index is 630. The van der Waals surface area contributed by atoms with Gasteiger partial charge in [0.2, 0.25) is 0 Å². The Hall–Kier alpha value is -0.360. The molecule has 168 valence electrons. The molecule has 0 saturated carbocycles. The molecule has 8 nitrogen and oxygen atoms in total. The zero-order chi connectivity index (χ0) is 21.8. The van der Waals surface area contributed by atoms with Crippen LogP contribution >= 0.6 is 15.6 Å². The molecule has 0 aromatic rings. The van der Waals surface area contributed by atoms with E-state index < -0.39 is 15.6 Å². The molecule has 10 heteroatoms. The number of hydrogen-bond acceptors (Lipinski definition) is 8. The summed E-state index contributed by atoms with van der Waals surface area (Å²) in [5, 5.41) is 0. The van der Waals surface area contributed by atoms with Gasteiger partial charge in [0.05, 0.1) is 13.2 Å². The number of hydrogen-bond donors (Lipinski definition) is 0. The van der Waals surface area contributed by atoms with Gasteiger partial charge in [-0.15, -0.1) is 0 Å². The molecular formula is C19H34O8P2. The molecule has 0 N–H and O–H groups in total. The Morgan fingerprint density at radius 1 is 0.655 bits per heavy atom. The van der Waals surface area contributed by atoms with Crippen LogP contribution in [0.15, 0.2) is 0 Å². The summed E-state index contributed by atoms with van der Waals surface area (Å²) in [4.78, 5) is 24.1. The largest absolute Gasteiger partial charge is 0.492 e. The van der Waals surface area contributed by atoms with E-state index in [2.05, 4.69) is 0 Å². The fraction of sp³-hybridized carbons (Fsp3) is 0.895. The summed E-state index contributed by atoms with van der Waals surface area (Å²) in [7, 11) is -7.75. The number of ketones is 2. The number of Topliss-reactive ketones (excluding diaryl/α,β-unsaturated/α-hetero) is 2. The number of fused-ring (bicyclic) bond motifs is 16. The third kappa shape index (κ3) is 8.72. The van der Waals surface area contributed by atoms with Crippen LogP contribution in [0.2, 0.25) is 0 Å². The molecule has 3 aliphatic heterocycles. The lowest BCUT2D eigenvalue weighted by molar-refractivity contribution is -0.120. The Balaban J connectivity index is 1.98. The van der Waals surface area contributed by atoms with Crippen LogP contribution in [0.4, 0.5) is 0 Å². The molecule has 3 fully saturated rings. The average molecular weight is 452 g/mol. The maximum absolute atomic E-state index is 12.3. The number of phosphoric acid groups is 2. The first kappa shape index (κ1) is 24.9. The van der Waals surface area contributed by atoms with E-state index in [0.717, 1.165) is 0 Å². The fourth-order valence-corrected chi connectivity index (χ4v) is 7.04. The standard InChI is InChI=1S/C19H34O8P2/c1-18(2)12-6-10-16(20)8-5-9-17(21)11-7-13-19(3,4)15-25-29(23)26-28(22,27-29)24-14-18/h5-15H2,1-4H3. The molecule has 29 heavy (non-hydrogen) atoms. The van der Waals surface area contributed by atoms with Gasteiger partial charge in [-0.2, -0.15) is 8.62 Å². The minimum Gasteiger partial charge on any atom is -0.300 e. The van der Waals surface area contributed by atoms with Crippen molar-refractivity contribution in [3.63, 3.8) is 0 Å². The first-order valence-corrected chi connectivity index (χ1v) is 13.2. The van der Waals surface area contributed by atoms with Gasteiger partial charge in [0.15, 0.2) is 0 Å². The van der Waals surface area contributed by atoms with E-state index >= 15 is 0 Å². The van der Waals surface area contributed by atoms with Crippen LogP contribution in [-0.2, 0) is 36.4 Å². The SMILES string of the molecule is CC1(C)CCCC(=O)CCCC(=O)CCCC(C)(C)COP2(=O)OP(=O)(OC1)O2. The van der Waals surface area contributed by atoms with Crippen molar-refractivity contribution in [1.29, 1.82) is 0 Å². The highest BCUT2D eigenvalue weighted by Crippen LogP contribution is 2.83. The van der Waals surface area contributed by atoms with Crippen LogP contribution in [0.1, 0.15) is 85.5 Å². The number of carbonyl (C=O) groups excluding carboxylic acids is 2. The van der Waals surface area contributed by atoms with Gasteiger partial charge in [-0.25, -0.2) is 9.13 Å². The van der Waals surface area contributed by atoms with E-state index in [9.17, 15) is 18.7 Å². The zero-order valence-electron chi connectivity index (χ0n) is 17.9. The van der Waals surface area contributed by atoms with Crippen molar-refractivity contribution in [3.8, 4) is 0 Å². The molecule has 0 amide bonds. The van der Waals surface area contributed by atoms with Crippen LogP contribution in [0.5, 0.6) is 0 Å². The van der Waals surface area contributed by atoms with Crippen LogP contribution in [0.3, 0.4) is 0 Å². The second-order valence-corrected chi connectivity index (χ2v) is 13.2. The third-order valence-electron chi connectivity index (χ3n) is 5.16. The highest BCUT2D eigenvalue weighted by atomic mass is 31.3. The topological polar surface area (TPSA) is 105 Å². The quantitative estimate of drug-likeness (QED) is 0.412. The van der Waals surface area contributed by atoms with Crippen LogP contribution in [0.25, 0.3) is 0 Å². The lowest BCUT2D eigenvalue weighted by atomic mass is 9.87. The van der Waals surface area contributed by atoms with Gasteiger partial charge in [-0.1, -0.05) is 27.7 Å². The van der Waals surface area contributed by atoms with Crippen LogP contribution in [-0.4, -0.2) is 24.8 Å². The van der Waals surface area contributed by atoms with Crippen molar-refractivity contribution in [2.45, 2.75) is 85.5 Å². The molecule has 0 aliphatic carbocycles. The fourth-order valence-electron chi connectivity index (χ4n) is 3.26. The minimum atomic E-state index is -3.87. The molecule has 0 atom stereocenters. The van der Waals surface area contributed by atoms with Gasteiger partial charge in [0.25, 0.3) is 0 Å². The smallest absolute Gasteiger partial charge is 0.300 e. The summed E-state index contributed by atoms with van der Waals surface area (Å²) in [5.41, 5.74) is -0.715. The van der Waals surface area contributed by atoms with E-state index in [1.54, 1.807) is 0 Å². The third-order valence-corrected chi connectivity index (χ3v) is 9.25. The highest BCUT2D eigenvalue weighted by molar-refractivity contribution is 7.75. The van der Waals surface area contributed by atoms with Gasteiger partial charge in [-0.3, -0.25) is 18.6 Å². The summed E-state index contributed by atoms with van der Waals surface area (Å²) in [6.45, 7) is 7.86. The van der Waals surface area contributed by atoms with Crippen LogP contribution in [0, 0.1) is 10.8 Å². The van der Waals surface area contributed by atoms with E-state index in [-0.39, 0.29) is 35.6 Å². The normalized spacial score (nSPS) is 35.4. The molecule has 3 saturated heterocycles. The van der Waals surface area contributed by atoms with E-state index in [1.807, 2.05) is 27.7 Å². The molecule has 0 unspecified atom stereocenters. The molecular weight excluding hydrogens is 418 g/mol. The van der Waals surface area contributed by atoms with Gasteiger partial charge in [0.1, 0.15) is 11.6 Å². The van der Waals surface area contributed by atoms with Gasteiger partial charge in [-0.05, 0) is 42.9 Å². The maximum Gasteiger partial charge on any atom is 0.492 e. The molecule has 3 heterocycles. The summed E-state index contributed by atoms with van der Waals surface area (Å²) in [6, 6.07) is 0. The van der Waals surface area contributed by atoms with Crippen molar-refractivity contribution in [1.82, 2.24) is 0 Å². The van der Waals surface area contributed by atoms with Crippen LogP contribution < -0.4 is 0 Å². The lowest BCUT2D eigenvalue weighted by Gasteiger charge is -2.35. The summed E-state index contributed by atoms with van der Waals surface area (Å²) >= 11 is 0. The number of carbonyl (C=O) groups is 2. The predicted octanol–water partition coefficient (Wildman–Crippen LogP) is 6.00. The van der Waals surface area contributed by atoms with Crippen molar-refractivity contribution in [3.05, 3.63) is 0 Å². The molecule has 0 aromatic heterocycles. The molecule has 0 radical (unpaired) electrons.